The van der Waals surface area contributed by atoms with Gasteiger partial charge in [0.15, 0.2) is 0 Å². The van der Waals surface area contributed by atoms with Crippen LogP contribution in [0.3, 0.4) is 0 Å². The molecule has 1 aromatic heterocycles. The summed E-state index contributed by atoms with van der Waals surface area (Å²) in [5.74, 6) is 0.251. The van der Waals surface area contributed by atoms with E-state index in [-0.39, 0.29) is 5.82 Å². The van der Waals surface area contributed by atoms with Gasteiger partial charge in [-0.3, -0.25) is 4.98 Å². The summed E-state index contributed by atoms with van der Waals surface area (Å²) in [6, 6.07) is 10.4. The smallest absolute Gasteiger partial charge is 0.130 e. The summed E-state index contributed by atoms with van der Waals surface area (Å²) in [6.07, 6.45) is 2.77. The number of benzene rings is 1. The molecule has 0 amide bonds. The Balaban J connectivity index is 1.97. The molecular weight excluding hydrogens is 255 g/mol. The second-order valence-electron chi connectivity index (χ2n) is 4.58. The SMILES string of the molecule is CCCNCc1cc(F)cc(OCc2ccccn2)c1. The van der Waals surface area contributed by atoms with E-state index in [0.29, 0.717) is 18.9 Å². The Morgan fingerprint density at radius 3 is 2.90 bits per heavy atom. The van der Waals surface area contributed by atoms with Crippen molar-refractivity contribution in [3.05, 3.63) is 59.7 Å². The molecule has 0 saturated heterocycles. The number of pyridine rings is 1. The van der Waals surface area contributed by atoms with E-state index in [1.807, 2.05) is 24.3 Å². The lowest BCUT2D eigenvalue weighted by Gasteiger charge is -2.09. The fourth-order valence-electron chi connectivity index (χ4n) is 1.86. The average molecular weight is 274 g/mol. The van der Waals surface area contributed by atoms with Gasteiger partial charge in [0.25, 0.3) is 0 Å². The molecule has 2 rings (SSSR count). The number of hydrogen-bond acceptors (Lipinski definition) is 3. The third-order valence-corrected chi connectivity index (χ3v) is 2.80. The predicted octanol–water partition coefficient (Wildman–Crippen LogP) is 3.30. The third kappa shape index (κ3) is 4.63. The van der Waals surface area contributed by atoms with Gasteiger partial charge in [0.1, 0.15) is 18.2 Å². The average Bonchev–Trinajstić information content (AvgIpc) is 2.46. The number of hydrogen-bond donors (Lipinski definition) is 1. The van der Waals surface area contributed by atoms with E-state index in [0.717, 1.165) is 24.2 Å². The van der Waals surface area contributed by atoms with E-state index in [9.17, 15) is 4.39 Å². The molecule has 2 aromatic rings. The number of halogens is 1. The van der Waals surface area contributed by atoms with Crippen LogP contribution in [0.2, 0.25) is 0 Å². The summed E-state index contributed by atoms with van der Waals surface area (Å²) in [7, 11) is 0. The molecule has 1 aromatic carbocycles. The van der Waals surface area contributed by atoms with E-state index < -0.39 is 0 Å². The molecule has 0 aliphatic rings. The first-order valence-corrected chi connectivity index (χ1v) is 6.81. The van der Waals surface area contributed by atoms with Gasteiger partial charge in [-0.2, -0.15) is 0 Å². The molecule has 1 N–H and O–H groups in total. The molecule has 3 nitrogen and oxygen atoms in total. The molecule has 0 bridgehead atoms. The van der Waals surface area contributed by atoms with E-state index in [2.05, 4.69) is 17.2 Å². The van der Waals surface area contributed by atoms with Crippen molar-refractivity contribution in [3.63, 3.8) is 0 Å². The normalized spacial score (nSPS) is 10.5. The van der Waals surface area contributed by atoms with Crippen molar-refractivity contribution in [1.29, 1.82) is 0 Å². The van der Waals surface area contributed by atoms with Crippen molar-refractivity contribution >= 4 is 0 Å². The highest BCUT2D eigenvalue weighted by atomic mass is 19.1. The van der Waals surface area contributed by atoms with E-state index >= 15 is 0 Å². The quantitative estimate of drug-likeness (QED) is 0.787. The lowest BCUT2D eigenvalue weighted by Crippen LogP contribution is -2.14. The highest BCUT2D eigenvalue weighted by Crippen LogP contribution is 2.17. The zero-order valence-electron chi connectivity index (χ0n) is 11.6. The van der Waals surface area contributed by atoms with Crippen molar-refractivity contribution in [2.45, 2.75) is 26.5 Å². The molecule has 20 heavy (non-hydrogen) atoms. The number of nitrogens with zero attached hydrogens (tertiary/aromatic N) is 1. The van der Waals surface area contributed by atoms with Crippen molar-refractivity contribution in [2.75, 3.05) is 6.54 Å². The van der Waals surface area contributed by atoms with Gasteiger partial charge >= 0.3 is 0 Å². The van der Waals surface area contributed by atoms with E-state index in [1.165, 1.54) is 12.1 Å². The summed E-state index contributed by atoms with van der Waals surface area (Å²) in [6.45, 7) is 4.00. The molecule has 0 atom stereocenters. The van der Waals surface area contributed by atoms with Gasteiger partial charge in [0.2, 0.25) is 0 Å². The maximum Gasteiger partial charge on any atom is 0.130 e. The molecule has 0 saturated carbocycles. The van der Waals surface area contributed by atoms with Crippen LogP contribution in [0.25, 0.3) is 0 Å². The van der Waals surface area contributed by atoms with Crippen LogP contribution in [-0.4, -0.2) is 11.5 Å². The Hall–Kier alpha value is -1.94. The van der Waals surface area contributed by atoms with Crippen LogP contribution in [-0.2, 0) is 13.2 Å². The Labute approximate surface area is 118 Å². The first-order valence-electron chi connectivity index (χ1n) is 6.81. The number of rotatable bonds is 7. The maximum absolute atomic E-state index is 13.5. The van der Waals surface area contributed by atoms with E-state index in [1.54, 1.807) is 6.20 Å². The predicted molar refractivity (Wildman–Crippen MR) is 77.0 cm³/mol. The molecule has 4 heteroatoms. The molecule has 0 unspecified atom stereocenters. The van der Waals surface area contributed by atoms with E-state index in [4.69, 9.17) is 4.74 Å². The zero-order valence-corrected chi connectivity index (χ0v) is 11.6. The summed E-state index contributed by atoms with van der Waals surface area (Å²) >= 11 is 0. The molecular formula is C16H19FN2O. The minimum absolute atomic E-state index is 0.281. The van der Waals surface area contributed by atoms with Crippen LogP contribution in [0.4, 0.5) is 4.39 Å². The van der Waals surface area contributed by atoms with Crippen LogP contribution >= 0.6 is 0 Å². The Morgan fingerprint density at radius 2 is 2.15 bits per heavy atom. The summed E-state index contributed by atoms with van der Waals surface area (Å²) < 4.78 is 19.1. The maximum atomic E-state index is 13.5. The second-order valence-corrected chi connectivity index (χ2v) is 4.58. The second kappa shape index (κ2) is 7.60. The fraction of sp³-hybridized carbons (Fsp3) is 0.312. The highest BCUT2D eigenvalue weighted by Gasteiger charge is 2.03. The highest BCUT2D eigenvalue weighted by molar-refractivity contribution is 5.29. The minimum atomic E-state index is -0.281. The summed E-state index contributed by atoms with van der Waals surface area (Å²) in [5.41, 5.74) is 1.71. The lowest BCUT2D eigenvalue weighted by atomic mass is 10.2. The molecule has 0 fully saturated rings. The Bertz CT molecular complexity index is 531. The minimum Gasteiger partial charge on any atom is -0.487 e. The van der Waals surface area contributed by atoms with Crippen molar-refractivity contribution in [1.82, 2.24) is 10.3 Å². The van der Waals surface area contributed by atoms with Crippen molar-refractivity contribution in [2.24, 2.45) is 0 Å². The van der Waals surface area contributed by atoms with Gasteiger partial charge in [0.05, 0.1) is 5.69 Å². The largest absolute Gasteiger partial charge is 0.487 e. The molecule has 0 spiro atoms. The molecule has 106 valence electrons. The van der Waals surface area contributed by atoms with Crippen LogP contribution in [0.5, 0.6) is 5.75 Å². The Morgan fingerprint density at radius 1 is 1.25 bits per heavy atom. The van der Waals surface area contributed by atoms with Gasteiger partial charge < -0.3 is 10.1 Å². The first-order chi connectivity index (χ1) is 9.78. The fourth-order valence-corrected chi connectivity index (χ4v) is 1.86. The third-order valence-electron chi connectivity index (χ3n) is 2.80. The Kier molecular flexibility index (Phi) is 5.50. The van der Waals surface area contributed by atoms with Crippen molar-refractivity contribution in [3.8, 4) is 5.75 Å². The van der Waals surface area contributed by atoms with Gasteiger partial charge in [-0.25, -0.2) is 4.39 Å². The summed E-state index contributed by atoms with van der Waals surface area (Å²) in [4.78, 5) is 4.17. The van der Waals surface area contributed by atoms with Gasteiger partial charge in [-0.15, -0.1) is 0 Å². The van der Waals surface area contributed by atoms with Gasteiger partial charge in [-0.1, -0.05) is 13.0 Å². The van der Waals surface area contributed by atoms with Crippen molar-refractivity contribution < 1.29 is 9.13 Å². The molecule has 0 radical (unpaired) electrons. The van der Waals surface area contributed by atoms with Gasteiger partial charge in [-0.05, 0) is 42.8 Å². The lowest BCUT2D eigenvalue weighted by molar-refractivity contribution is 0.299. The number of aromatic nitrogens is 1. The monoisotopic (exact) mass is 274 g/mol. The first kappa shape index (κ1) is 14.5. The summed E-state index contributed by atoms with van der Waals surface area (Å²) in [5, 5.41) is 3.25. The number of nitrogens with one attached hydrogen (secondary N) is 1. The number of ether oxygens (including phenoxy) is 1. The van der Waals surface area contributed by atoms with Crippen LogP contribution < -0.4 is 10.1 Å². The molecule has 1 heterocycles. The van der Waals surface area contributed by atoms with Gasteiger partial charge in [0, 0.05) is 18.8 Å². The van der Waals surface area contributed by atoms with Crippen LogP contribution in [0.1, 0.15) is 24.6 Å². The molecule has 0 aliphatic heterocycles. The molecule has 0 aliphatic carbocycles. The standard InChI is InChI=1S/C16H19FN2O/c1-2-6-18-11-13-8-14(17)10-16(9-13)20-12-15-5-3-4-7-19-15/h3-5,7-10,18H,2,6,11-12H2,1H3. The topological polar surface area (TPSA) is 34.1 Å². The van der Waals surface area contributed by atoms with Crippen LogP contribution in [0.15, 0.2) is 42.6 Å². The van der Waals surface area contributed by atoms with Crippen LogP contribution in [0, 0.1) is 5.82 Å². The zero-order chi connectivity index (χ0) is 14.2.